The van der Waals surface area contributed by atoms with Gasteiger partial charge in [0.05, 0.1) is 5.56 Å². The first-order chi connectivity index (χ1) is 37.0. The van der Waals surface area contributed by atoms with E-state index in [0.29, 0.717) is 17.2 Å². The number of hydrogen-bond donors (Lipinski definition) is 7. The summed E-state index contributed by atoms with van der Waals surface area (Å²) in [5, 5.41) is 20.9. The van der Waals surface area contributed by atoms with E-state index in [0.717, 1.165) is 79.5 Å². The monoisotopic (exact) mass is 1130 g/mol. The van der Waals surface area contributed by atoms with Gasteiger partial charge in [0, 0.05) is 108 Å². The van der Waals surface area contributed by atoms with Gasteiger partial charge < -0.3 is 39.9 Å². The van der Waals surface area contributed by atoms with Crippen molar-refractivity contribution in [3.05, 3.63) is 199 Å². The van der Waals surface area contributed by atoms with E-state index in [4.69, 9.17) is 33.8 Å². The van der Waals surface area contributed by atoms with Gasteiger partial charge in [0.25, 0.3) is 0 Å². The fourth-order valence-electron chi connectivity index (χ4n) is 6.25. The highest BCUT2D eigenvalue weighted by Crippen LogP contribution is 2.32. The number of hydrogen-bond acceptors (Lipinski definition) is 16. The molecule has 0 aliphatic heterocycles. The van der Waals surface area contributed by atoms with Crippen LogP contribution in [-0.2, 0) is 20.6 Å². The van der Waals surface area contributed by atoms with Crippen molar-refractivity contribution in [3.63, 3.8) is 0 Å². The fourth-order valence-corrected chi connectivity index (χ4v) is 6.25. The van der Waals surface area contributed by atoms with Gasteiger partial charge in [-0.3, -0.25) is 24.5 Å². The number of carbonyl (C=O) groups is 3. The lowest BCUT2D eigenvalue weighted by Crippen LogP contribution is -2.06. The normalized spacial score (nSPS) is 10.2. The number of nitrogen functional groups attached to an aromatic ring is 3. The number of nitrogens with zero attached hydrogens (tertiary/aromatic N) is 12. The van der Waals surface area contributed by atoms with Crippen molar-refractivity contribution in [2.75, 3.05) is 17.2 Å². The molecule has 9 aromatic rings. The Bertz CT molecular complexity index is 3200. The Kier molecular flexibility index (Phi) is 29.1. The summed E-state index contributed by atoms with van der Waals surface area (Å²) >= 11 is 0. The van der Waals surface area contributed by atoms with Crippen LogP contribution in [0.1, 0.15) is 40.8 Å². The molecule has 0 aliphatic rings. The number of carbonyl (C=O) groups excluding carboxylic acids is 2. The van der Waals surface area contributed by atoms with Crippen LogP contribution in [0.2, 0.25) is 0 Å². The van der Waals surface area contributed by atoms with Crippen LogP contribution in [0, 0.1) is 34.6 Å². The molecule has 0 atom stereocenters. The third-order valence-corrected chi connectivity index (χ3v) is 9.42. The van der Waals surface area contributed by atoms with E-state index in [1.54, 1.807) is 80.5 Å². The number of alkyl halides is 3. The number of aliphatic carboxylic acids is 1. The lowest BCUT2D eigenvalue weighted by molar-refractivity contribution is -0.137. The van der Waals surface area contributed by atoms with Crippen LogP contribution in [0.5, 0.6) is 0 Å². The first-order valence-corrected chi connectivity index (χ1v) is 23.0. The minimum atomic E-state index is -4.45. The summed E-state index contributed by atoms with van der Waals surface area (Å²) in [4.78, 5) is 55.2. The van der Waals surface area contributed by atoms with Gasteiger partial charge in [-0.2, -0.15) is 13.2 Å². The van der Waals surface area contributed by atoms with Crippen molar-refractivity contribution in [2.24, 2.45) is 11.5 Å². The van der Waals surface area contributed by atoms with Crippen LogP contribution < -0.4 is 34.8 Å². The summed E-state index contributed by atoms with van der Waals surface area (Å²) in [6.07, 6.45) is 17.2. The second-order valence-corrected chi connectivity index (χ2v) is 16.4. The molecule has 0 aliphatic carbocycles. The van der Waals surface area contributed by atoms with Crippen LogP contribution >= 0.6 is 12.4 Å². The molecule has 26 heteroatoms. The molecule has 0 fully saturated rings. The summed E-state index contributed by atoms with van der Waals surface area (Å²) in [7, 11) is 0. The Hall–Kier alpha value is -10.4. The predicted octanol–water partition coefficient (Wildman–Crippen LogP) is 9.07. The molecule has 0 bridgehead atoms. The van der Waals surface area contributed by atoms with Crippen molar-refractivity contribution >= 4 is 65.9 Å². The quantitative estimate of drug-likeness (QED) is 0.0662. The van der Waals surface area contributed by atoms with Gasteiger partial charge in [-0.15, -0.1) is 27.7 Å². The average Bonchev–Trinajstić information content (AvgIpc) is 4.18. The van der Waals surface area contributed by atoms with E-state index < -0.39 is 29.5 Å². The Morgan fingerprint density at radius 3 is 1.00 bits per heavy atom. The SMILES string of the molecule is C.Cc1cc(-c2ncn(/C=C\C(=O)O)n2)cc(C(F)(F)F)c1.Cc1cc(C)cc(-c2ncn(/C=C\C(N)=O)n2)c1.Cc1cc(C)cc(-c2ncn(/C=C\C(N)=O)n2)c1.Cl.N.Nc1ccncc1.Nc1ccncc1.Nc1ccncc1. The molecule has 0 spiro atoms. The number of rotatable bonds is 9. The number of carboxylic acid groups (broad SMARTS) is 1. The molecule has 22 nitrogen and oxygen atoms in total. The second kappa shape index (κ2) is 34.4. The van der Waals surface area contributed by atoms with Crippen molar-refractivity contribution in [2.45, 2.75) is 48.2 Å². The van der Waals surface area contributed by atoms with Gasteiger partial charge in [0.1, 0.15) is 19.0 Å². The zero-order valence-corrected chi connectivity index (χ0v) is 44.8. The van der Waals surface area contributed by atoms with Gasteiger partial charge in [0.15, 0.2) is 17.5 Å². The van der Waals surface area contributed by atoms with Crippen LogP contribution in [0.3, 0.4) is 0 Å². The molecule has 14 N–H and O–H groups in total. The largest absolute Gasteiger partial charge is 0.478 e. The van der Waals surface area contributed by atoms with Crippen LogP contribution in [0.15, 0.2) is 165 Å². The number of anilines is 3. The van der Waals surface area contributed by atoms with E-state index in [-0.39, 0.29) is 37.4 Å². The molecule has 6 heterocycles. The number of halogens is 4. The highest BCUT2D eigenvalue weighted by atomic mass is 35.5. The van der Waals surface area contributed by atoms with Crippen molar-refractivity contribution in [1.82, 2.24) is 65.4 Å². The molecule has 0 saturated heterocycles. The minimum absolute atomic E-state index is 0. The zero-order valence-electron chi connectivity index (χ0n) is 44.0. The van der Waals surface area contributed by atoms with Gasteiger partial charge in [0.2, 0.25) is 11.8 Å². The van der Waals surface area contributed by atoms with Crippen molar-refractivity contribution < 1.29 is 32.7 Å². The topological polar surface area (TPSA) is 367 Å². The van der Waals surface area contributed by atoms with E-state index in [1.165, 1.54) is 59.0 Å². The highest BCUT2D eigenvalue weighted by molar-refractivity contribution is 5.89. The Balaban J connectivity index is 0.000000508. The molecule has 81 heavy (non-hydrogen) atoms. The number of carboxylic acids is 1. The maximum atomic E-state index is 12.8. The lowest BCUT2D eigenvalue weighted by atomic mass is 10.1. The van der Waals surface area contributed by atoms with E-state index in [9.17, 15) is 27.6 Å². The van der Waals surface area contributed by atoms with Gasteiger partial charge >= 0.3 is 12.1 Å². The third kappa shape index (κ3) is 26.5. The number of aromatic nitrogens is 12. The zero-order chi connectivity index (χ0) is 57.2. The Morgan fingerprint density at radius 2 is 0.753 bits per heavy atom. The number of benzene rings is 3. The molecule has 9 rings (SSSR count). The van der Waals surface area contributed by atoms with Gasteiger partial charge in [-0.05, 0) is 119 Å². The number of amides is 2. The summed E-state index contributed by atoms with van der Waals surface area (Å²) in [5.74, 6) is -0.870. The summed E-state index contributed by atoms with van der Waals surface area (Å²) < 4.78 is 42.3. The van der Waals surface area contributed by atoms with E-state index >= 15 is 0 Å². The summed E-state index contributed by atoms with van der Waals surface area (Å²) in [6, 6.07) is 26.3. The maximum Gasteiger partial charge on any atom is 0.416 e. The van der Waals surface area contributed by atoms with E-state index in [2.05, 4.69) is 57.3 Å². The van der Waals surface area contributed by atoms with Crippen molar-refractivity contribution in [3.8, 4) is 34.2 Å². The van der Waals surface area contributed by atoms with Crippen LogP contribution in [-0.4, -0.2) is 82.1 Å². The Labute approximate surface area is 472 Å². The van der Waals surface area contributed by atoms with Crippen LogP contribution in [0.25, 0.3) is 52.8 Å². The Morgan fingerprint density at radius 1 is 0.481 bits per heavy atom. The predicted molar refractivity (Wildman–Crippen MR) is 312 cm³/mol. The molecule has 3 aromatic carbocycles. The lowest BCUT2D eigenvalue weighted by Gasteiger charge is -2.09. The minimum Gasteiger partial charge on any atom is -0.478 e. The molecule has 6 aromatic heterocycles. The maximum absolute atomic E-state index is 12.8. The molecular weight excluding hydrogens is 1070 g/mol. The second-order valence-electron chi connectivity index (χ2n) is 16.4. The molecular formula is C55H64ClF3N18O4. The first-order valence-electron chi connectivity index (χ1n) is 23.0. The summed E-state index contributed by atoms with van der Waals surface area (Å²) in [6.45, 7) is 9.65. The van der Waals surface area contributed by atoms with Crippen LogP contribution in [0.4, 0.5) is 30.2 Å². The molecule has 0 unspecified atom stereocenters. The molecule has 2 amide bonds. The van der Waals surface area contributed by atoms with Crippen molar-refractivity contribution in [1.29, 1.82) is 0 Å². The smallest absolute Gasteiger partial charge is 0.416 e. The third-order valence-electron chi connectivity index (χ3n) is 9.42. The highest BCUT2D eigenvalue weighted by Gasteiger charge is 2.31. The number of pyridine rings is 3. The standard InChI is InChI=1S/C13H10F3N3O2.2C13H14N4O.3C5H6N2.CH4.ClH.H3N/c1-8-4-9(6-10(5-8)13(14,15)16)12-17-7-19(18-12)3-2-11(20)21;2*1-9-5-10(2)7-11(6-9)13-15-8-17(16-13)4-3-12(14)18;3*6-5-1-3-7-4-2-5;;;/h2-7H,1H3,(H,20,21);2*3-8H,1-2H3,(H2,14,18);3*1-4H,(H2,6,7);1H4;1H;1H3/b3-2-;2*4-3-;;;;;;. The molecule has 426 valence electrons. The summed E-state index contributed by atoms with van der Waals surface area (Å²) in [5.41, 5.74) is 34.7. The molecule has 0 radical (unpaired) electrons. The van der Waals surface area contributed by atoms with E-state index in [1.807, 2.05) is 52.0 Å². The first kappa shape index (κ1) is 68.6. The van der Waals surface area contributed by atoms with Gasteiger partial charge in [-0.1, -0.05) is 41.8 Å². The average molecular weight is 1130 g/mol. The number of aryl methyl sites for hydroxylation is 5. The number of nitrogens with two attached hydrogens (primary N) is 5. The molecule has 0 saturated carbocycles. The number of primary amides is 2. The fraction of sp³-hybridized carbons (Fsp3) is 0.127. The van der Waals surface area contributed by atoms with Gasteiger partial charge in [-0.25, -0.2) is 33.8 Å².